The molecule has 0 saturated heterocycles. The zero-order valence-corrected chi connectivity index (χ0v) is 22.4. The summed E-state index contributed by atoms with van der Waals surface area (Å²) >= 11 is 0. The van der Waals surface area contributed by atoms with Crippen molar-refractivity contribution >= 4 is 0 Å². The minimum atomic E-state index is -0.563. The lowest BCUT2D eigenvalue weighted by Crippen LogP contribution is -2.68. The van der Waals surface area contributed by atoms with Crippen LogP contribution in [0, 0.1) is 56.7 Å². The normalized spacial score (nSPS) is 57.2. The number of hydrogen-bond acceptors (Lipinski definition) is 2. The Labute approximate surface area is 198 Å². The summed E-state index contributed by atoms with van der Waals surface area (Å²) in [6.45, 7) is 19.4. The van der Waals surface area contributed by atoms with E-state index in [1.165, 1.54) is 57.8 Å². The Morgan fingerprint density at radius 2 is 1.34 bits per heavy atom. The number of rotatable bonds is 1. The topological polar surface area (TPSA) is 40.5 Å². The Morgan fingerprint density at radius 3 is 1.97 bits per heavy atom. The molecule has 2 N–H and O–H groups in total. The van der Waals surface area contributed by atoms with Crippen LogP contribution in [-0.2, 0) is 0 Å². The van der Waals surface area contributed by atoms with Gasteiger partial charge in [-0.25, -0.2) is 0 Å². The van der Waals surface area contributed by atoms with Crippen molar-refractivity contribution in [1.29, 1.82) is 0 Å². The van der Waals surface area contributed by atoms with Gasteiger partial charge in [-0.15, -0.1) is 0 Å². The molecule has 0 aromatic rings. The fourth-order valence-corrected chi connectivity index (χ4v) is 12.3. The third-order valence-corrected chi connectivity index (χ3v) is 13.5. The van der Waals surface area contributed by atoms with Gasteiger partial charge in [-0.3, -0.25) is 0 Å². The van der Waals surface area contributed by atoms with Crippen molar-refractivity contribution in [3.63, 3.8) is 0 Å². The predicted molar refractivity (Wildman–Crippen MR) is 132 cm³/mol. The van der Waals surface area contributed by atoms with Gasteiger partial charge >= 0.3 is 0 Å². The molecular formula is C30H52O2. The fraction of sp³-hybridized carbons (Fsp3) is 1.00. The third-order valence-electron chi connectivity index (χ3n) is 13.5. The molecule has 0 aromatic heterocycles. The molecule has 5 saturated carbocycles. The minimum absolute atomic E-state index is 0.162. The van der Waals surface area contributed by atoms with Crippen LogP contribution in [0.4, 0.5) is 0 Å². The van der Waals surface area contributed by atoms with Gasteiger partial charge in [0.1, 0.15) is 0 Å². The summed E-state index contributed by atoms with van der Waals surface area (Å²) in [5.41, 5.74) is 0.819. The second-order valence-electron chi connectivity index (χ2n) is 15.6. The van der Waals surface area contributed by atoms with Crippen LogP contribution in [0.1, 0.15) is 120 Å². The van der Waals surface area contributed by atoms with E-state index in [-0.39, 0.29) is 22.3 Å². The fourth-order valence-electron chi connectivity index (χ4n) is 12.3. The maximum atomic E-state index is 11.8. The van der Waals surface area contributed by atoms with Crippen molar-refractivity contribution in [3.05, 3.63) is 0 Å². The summed E-state index contributed by atoms with van der Waals surface area (Å²) in [4.78, 5) is 0. The molecule has 5 fully saturated rings. The largest absolute Gasteiger partial charge is 0.393 e. The second kappa shape index (κ2) is 6.77. The molecule has 0 radical (unpaired) electrons. The molecule has 5 rings (SSSR count). The molecule has 0 amide bonds. The summed E-state index contributed by atoms with van der Waals surface area (Å²) in [5, 5.41) is 22.8. The maximum Gasteiger partial charge on any atom is 0.0622 e. The lowest BCUT2D eigenvalue weighted by molar-refractivity contribution is -0.268. The lowest BCUT2D eigenvalue weighted by atomic mass is 9.31. The van der Waals surface area contributed by atoms with Gasteiger partial charge in [-0.2, -0.15) is 0 Å². The summed E-state index contributed by atoms with van der Waals surface area (Å²) < 4.78 is 0. The van der Waals surface area contributed by atoms with Crippen LogP contribution in [0.15, 0.2) is 0 Å². The number of aliphatic hydroxyl groups is 2. The molecule has 184 valence electrons. The van der Waals surface area contributed by atoms with Gasteiger partial charge in [0, 0.05) is 0 Å². The van der Waals surface area contributed by atoms with Gasteiger partial charge in [0.2, 0.25) is 0 Å². The highest BCUT2D eigenvalue weighted by atomic mass is 16.3. The second-order valence-corrected chi connectivity index (χ2v) is 15.6. The van der Waals surface area contributed by atoms with Crippen LogP contribution in [0.3, 0.4) is 0 Å². The quantitative estimate of drug-likeness (QED) is 0.448. The van der Waals surface area contributed by atoms with E-state index in [9.17, 15) is 10.2 Å². The first kappa shape index (κ1) is 23.7. The van der Waals surface area contributed by atoms with Crippen LogP contribution in [0.25, 0.3) is 0 Å². The molecule has 10 atom stereocenters. The van der Waals surface area contributed by atoms with Crippen LogP contribution < -0.4 is 0 Å². The molecule has 0 aromatic carbocycles. The molecule has 2 heteroatoms. The first-order valence-corrected chi connectivity index (χ1v) is 14.0. The molecule has 32 heavy (non-hydrogen) atoms. The molecule has 0 aliphatic heterocycles. The Morgan fingerprint density at radius 1 is 0.719 bits per heavy atom. The molecule has 5 aliphatic rings. The van der Waals surface area contributed by atoms with E-state index in [0.29, 0.717) is 28.6 Å². The van der Waals surface area contributed by atoms with Crippen LogP contribution in [0.5, 0.6) is 0 Å². The minimum Gasteiger partial charge on any atom is -0.393 e. The van der Waals surface area contributed by atoms with Crippen molar-refractivity contribution in [1.82, 2.24) is 0 Å². The summed E-state index contributed by atoms with van der Waals surface area (Å²) in [6, 6.07) is 0. The van der Waals surface area contributed by atoms with Gasteiger partial charge in [0.25, 0.3) is 0 Å². The van der Waals surface area contributed by atoms with Crippen molar-refractivity contribution < 1.29 is 10.2 Å². The Bertz CT molecular complexity index is 765. The molecule has 4 unspecified atom stereocenters. The zero-order valence-electron chi connectivity index (χ0n) is 22.4. The number of hydrogen-bond donors (Lipinski definition) is 2. The van der Waals surface area contributed by atoms with E-state index in [2.05, 4.69) is 55.4 Å². The van der Waals surface area contributed by atoms with Gasteiger partial charge < -0.3 is 10.2 Å². The van der Waals surface area contributed by atoms with E-state index >= 15 is 0 Å². The smallest absolute Gasteiger partial charge is 0.0622 e. The average molecular weight is 445 g/mol. The SMILES string of the molecule is CC1(C)CCC[C@@]2(C)C1[C@@H](O)C[C@]1(C)C2CCC2[C@@]3(C)CC[C@H](C(C)(C)O)C3CC[C@]21C. The van der Waals surface area contributed by atoms with E-state index < -0.39 is 5.60 Å². The highest BCUT2D eigenvalue weighted by molar-refractivity contribution is 5.20. The van der Waals surface area contributed by atoms with Gasteiger partial charge in [0.05, 0.1) is 11.7 Å². The van der Waals surface area contributed by atoms with E-state index in [0.717, 1.165) is 18.3 Å². The Hall–Kier alpha value is -0.0800. The third kappa shape index (κ3) is 2.78. The average Bonchev–Trinajstić information content (AvgIpc) is 2.98. The monoisotopic (exact) mass is 444 g/mol. The molecule has 5 aliphatic carbocycles. The summed E-state index contributed by atoms with van der Waals surface area (Å²) in [6.07, 6.45) is 12.5. The molecule has 2 nitrogen and oxygen atoms in total. The summed E-state index contributed by atoms with van der Waals surface area (Å²) in [7, 11) is 0. The van der Waals surface area contributed by atoms with Gasteiger partial charge in [0.15, 0.2) is 0 Å². The number of fused-ring (bicyclic) bond motifs is 7. The molecule has 0 heterocycles. The van der Waals surface area contributed by atoms with E-state index in [1.807, 2.05) is 0 Å². The highest BCUT2D eigenvalue weighted by Crippen LogP contribution is 2.78. The van der Waals surface area contributed by atoms with Gasteiger partial charge in [-0.1, -0.05) is 48.0 Å². The predicted octanol–water partition coefficient (Wildman–Crippen LogP) is 7.22. The van der Waals surface area contributed by atoms with Crippen molar-refractivity contribution in [3.8, 4) is 0 Å². The summed E-state index contributed by atoms with van der Waals surface area (Å²) in [5.74, 6) is 3.01. The Balaban J connectivity index is 1.54. The maximum absolute atomic E-state index is 11.8. The first-order chi connectivity index (χ1) is 14.6. The van der Waals surface area contributed by atoms with Crippen molar-refractivity contribution in [2.75, 3.05) is 0 Å². The highest BCUT2D eigenvalue weighted by Gasteiger charge is 2.72. The Kier molecular flexibility index (Phi) is 5.01. The van der Waals surface area contributed by atoms with Crippen LogP contribution in [0.2, 0.25) is 0 Å². The molecule has 0 spiro atoms. The molecular weight excluding hydrogens is 392 g/mol. The zero-order chi connectivity index (χ0) is 23.5. The van der Waals surface area contributed by atoms with Crippen molar-refractivity contribution in [2.24, 2.45) is 56.7 Å². The number of aliphatic hydroxyl groups excluding tert-OH is 1. The van der Waals surface area contributed by atoms with Crippen molar-refractivity contribution in [2.45, 2.75) is 131 Å². The van der Waals surface area contributed by atoms with Crippen LogP contribution in [-0.4, -0.2) is 21.9 Å². The lowest BCUT2D eigenvalue weighted by Gasteiger charge is -2.73. The standard InChI is InChI=1S/C30H52O2/c1-25(2)14-9-15-28(6)23-11-10-22-27(5)16-12-19(26(3,4)32)20(27)13-17-29(22,7)30(23,8)18-21(31)24(25)28/h19-24,31-32H,9-18H2,1-8H3/t19-,20?,21-,22?,23?,24?,27-,28+,29+,30+/m0/s1. The van der Waals surface area contributed by atoms with E-state index in [1.54, 1.807) is 0 Å². The van der Waals surface area contributed by atoms with Crippen LogP contribution >= 0.6 is 0 Å². The van der Waals surface area contributed by atoms with E-state index in [4.69, 9.17) is 0 Å². The van der Waals surface area contributed by atoms with Gasteiger partial charge in [-0.05, 0) is 128 Å². The first-order valence-electron chi connectivity index (χ1n) is 14.0. The molecule has 0 bridgehead atoms.